The molecule has 2 unspecified atom stereocenters. The molecule has 8 nitrogen and oxygen atoms in total. The largest absolute Gasteiger partial charge is 0.481 e. The summed E-state index contributed by atoms with van der Waals surface area (Å²) in [5.41, 5.74) is 6.75. The number of hydrogen-bond acceptors (Lipinski definition) is 6. The van der Waals surface area contributed by atoms with Crippen LogP contribution in [0.5, 0.6) is 0 Å². The van der Waals surface area contributed by atoms with Crippen LogP contribution >= 0.6 is 0 Å². The van der Waals surface area contributed by atoms with Gasteiger partial charge < -0.3 is 25.0 Å². The quantitative estimate of drug-likeness (QED) is 0.161. The Kier molecular flexibility index (Phi) is 10.9. The number of carbonyl (C=O) groups excluding carboxylic acids is 1. The molecule has 2 bridgehead atoms. The lowest BCUT2D eigenvalue weighted by Crippen LogP contribution is -2.42. The predicted octanol–water partition coefficient (Wildman–Crippen LogP) is 7.55. The average molecular weight is 669 g/mol. The van der Waals surface area contributed by atoms with Gasteiger partial charge in [-0.15, -0.1) is 0 Å². The molecule has 1 amide bonds. The van der Waals surface area contributed by atoms with E-state index in [1.807, 2.05) is 30.3 Å². The number of benzene rings is 3. The Morgan fingerprint density at radius 3 is 2.35 bits per heavy atom. The number of amides is 1. The van der Waals surface area contributed by atoms with Crippen molar-refractivity contribution in [2.75, 3.05) is 13.1 Å². The molecular formula is C41H52N2O6. The number of aliphatic hydroxyl groups excluding tert-OH is 1. The number of rotatable bonds is 13. The van der Waals surface area contributed by atoms with Crippen LogP contribution in [0.25, 0.3) is 11.1 Å². The summed E-state index contributed by atoms with van der Waals surface area (Å²) in [5.74, 6) is -0.912. The summed E-state index contributed by atoms with van der Waals surface area (Å²) in [6.07, 6.45) is 5.34. The molecule has 262 valence electrons. The molecule has 0 aromatic heterocycles. The third-order valence-electron chi connectivity index (χ3n) is 10.6. The molecule has 0 radical (unpaired) electrons. The number of nitrogens with zero attached hydrogens (tertiary/aromatic N) is 1. The van der Waals surface area contributed by atoms with Crippen molar-refractivity contribution in [3.05, 3.63) is 95.1 Å². The molecule has 6 rings (SSSR count). The molecule has 0 spiro atoms. The van der Waals surface area contributed by atoms with Crippen molar-refractivity contribution >= 4 is 11.9 Å². The fourth-order valence-corrected chi connectivity index (χ4v) is 8.70. The number of likely N-dealkylation sites (tertiary alicyclic amines) is 1. The van der Waals surface area contributed by atoms with Crippen LogP contribution in [0.3, 0.4) is 0 Å². The van der Waals surface area contributed by atoms with E-state index < -0.39 is 12.3 Å². The maximum Gasteiger partial charge on any atom is 0.303 e. The summed E-state index contributed by atoms with van der Waals surface area (Å²) in [7, 11) is 0. The number of fused-ring (bicyclic) bond motifs is 2. The number of carboxylic acids is 1. The highest BCUT2D eigenvalue weighted by Gasteiger charge is 2.50. The number of carbonyl (C=O) groups is 2. The summed E-state index contributed by atoms with van der Waals surface area (Å²) < 4.78 is 13.4. The summed E-state index contributed by atoms with van der Waals surface area (Å²) in [4.78, 5) is 25.9. The van der Waals surface area contributed by atoms with Crippen LogP contribution in [0.4, 0.5) is 0 Å². The van der Waals surface area contributed by atoms with Crippen molar-refractivity contribution in [2.45, 2.75) is 110 Å². The molecule has 2 aliphatic heterocycles. The summed E-state index contributed by atoms with van der Waals surface area (Å²) in [6.45, 7) is 9.70. The molecule has 3 N–H and O–H groups in total. The van der Waals surface area contributed by atoms with Gasteiger partial charge in [0.15, 0.2) is 6.29 Å². The molecule has 8 heteroatoms. The van der Waals surface area contributed by atoms with Crippen molar-refractivity contribution in [1.29, 1.82) is 0 Å². The van der Waals surface area contributed by atoms with Crippen molar-refractivity contribution in [3.63, 3.8) is 0 Å². The summed E-state index contributed by atoms with van der Waals surface area (Å²) in [5, 5.41) is 21.4. The van der Waals surface area contributed by atoms with Gasteiger partial charge in [0.2, 0.25) is 5.91 Å². The first-order valence-electron chi connectivity index (χ1n) is 17.9. The Balaban J connectivity index is 1.16. The van der Waals surface area contributed by atoms with Gasteiger partial charge in [-0.25, -0.2) is 0 Å². The second-order valence-electron chi connectivity index (χ2n) is 15.7. The highest BCUT2D eigenvalue weighted by Crippen LogP contribution is 2.53. The number of carboxylic acid groups (broad SMARTS) is 1. The first kappa shape index (κ1) is 35.3. The van der Waals surface area contributed by atoms with E-state index in [1.54, 1.807) is 0 Å². The monoisotopic (exact) mass is 668 g/mol. The zero-order chi connectivity index (χ0) is 34.6. The van der Waals surface area contributed by atoms with Crippen LogP contribution in [-0.2, 0) is 32.2 Å². The highest BCUT2D eigenvalue weighted by atomic mass is 16.7. The van der Waals surface area contributed by atoms with Crippen molar-refractivity contribution in [1.82, 2.24) is 10.2 Å². The SMILES string of the molecule is CC1(C)CC2CC(C)(CN2C[C@@H]2C[C@H](c3ccc(CO)cc3)O[C@H](c3ccc(-c4ccccc4CNC(=O)CCCCC(=O)O)cc3)O2)C1. The molecule has 3 aliphatic rings. The minimum absolute atomic E-state index is 0.0143. The number of ether oxygens (including phenoxy) is 2. The molecular weight excluding hydrogens is 616 g/mol. The van der Waals surface area contributed by atoms with Crippen LogP contribution in [0.2, 0.25) is 0 Å². The Morgan fingerprint density at radius 1 is 0.898 bits per heavy atom. The van der Waals surface area contributed by atoms with Crippen molar-refractivity contribution in [3.8, 4) is 11.1 Å². The Morgan fingerprint density at radius 2 is 1.61 bits per heavy atom. The molecule has 5 atom stereocenters. The Hall–Kier alpha value is -3.56. The molecule has 2 heterocycles. The van der Waals surface area contributed by atoms with Gasteiger partial charge in [-0.1, -0.05) is 93.6 Å². The van der Waals surface area contributed by atoms with Gasteiger partial charge in [0, 0.05) is 50.5 Å². The lowest BCUT2D eigenvalue weighted by atomic mass is 9.65. The van der Waals surface area contributed by atoms with Crippen LogP contribution in [0.1, 0.15) is 107 Å². The zero-order valence-corrected chi connectivity index (χ0v) is 29.2. The third kappa shape index (κ3) is 8.97. The number of unbranched alkanes of at least 4 members (excludes halogenated alkanes) is 1. The van der Waals surface area contributed by atoms with E-state index in [2.05, 4.69) is 73.5 Å². The smallest absolute Gasteiger partial charge is 0.303 e. The van der Waals surface area contributed by atoms with E-state index in [0.717, 1.165) is 52.9 Å². The number of aliphatic carboxylic acids is 1. The van der Waals surface area contributed by atoms with Gasteiger partial charge in [-0.3, -0.25) is 14.5 Å². The first-order valence-corrected chi connectivity index (χ1v) is 17.9. The van der Waals surface area contributed by atoms with E-state index in [1.165, 1.54) is 19.3 Å². The topological polar surface area (TPSA) is 108 Å². The normalized spacial score (nSPS) is 26.4. The predicted molar refractivity (Wildman–Crippen MR) is 189 cm³/mol. The van der Waals surface area contributed by atoms with Crippen molar-refractivity contribution < 1.29 is 29.3 Å². The van der Waals surface area contributed by atoms with Gasteiger partial charge in [0.05, 0.1) is 18.8 Å². The molecule has 3 aromatic rings. The second-order valence-corrected chi connectivity index (χ2v) is 15.7. The van der Waals surface area contributed by atoms with Crippen molar-refractivity contribution in [2.24, 2.45) is 10.8 Å². The Labute approximate surface area is 290 Å². The van der Waals surface area contributed by atoms with Gasteiger partial charge in [0.25, 0.3) is 0 Å². The van der Waals surface area contributed by atoms with Gasteiger partial charge in [-0.05, 0) is 70.8 Å². The summed E-state index contributed by atoms with van der Waals surface area (Å²) >= 11 is 0. The fraction of sp³-hybridized carbons (Fsp3) is 0.512. The fourth-order valence-electron chi connectivity index (χ4n) is 8.70. The zero-order valence-electron chi connectivity index (χ0n) is 29.2. The van der Waals surface area contributed by atoms with Crippen LogP contribution in [-0.4, -0.2) is 52.2 Å². The standard InChI is InChI=1S/C41H52N2O6/c1-40(2)21-33-22-41(3,26-40)27-43(33)24-34-20-36(30-14-12-28(25-44)13-15-30)49-39(48-34)31-18-16-29(17-19-31)35-9-5-4-8-32(35)23-42-37(45)10-6-7-11-38(46)47/h4-5,8-9,12-19,33-34,36,39,44H,6-7,10-11,20-27H2,1-3H3,(H,42,45)(H,46,47)/t33?,34-,36+,39+,41?/m0/s1. The average Bonchev–Trinajstić information content (AvgIpc) is 3.32. The maximum absolute atomic E-state index is 12.4. The highest BCUT2D eigenvalue weighted by molar-refractivity contribution is 5.76. The van der Waals surface area contributed by atoms with E-state index in [4.69, 9.17) is 14.6 Å². The van der Waals surface area contributed by atoms with Gasteiger partial charge >= 0.3 is 5.97 Å². The summed E-state index contributed by atoms with van der Waals surface area (Å²) in [6, 6.07) is 25.1. The number of hydrogen-bond donors (Lipinski definition) is 3. The number of aliphatic hydroxyl groups is 1. The lowest BCUT2D eigenvalue weighted by molar-refractivity contribution is -0.253. The molecule has 3 fully saturated rings. The first-order chi connectivity index (χ1) is 23.5. The third-order valence-corrected chi connectivity index (χ3v) is 10.6. The van der Waals surface area contributed by atoms with E-state index in [-0.39, 0.29) is 31.1 Å². The van der Waals surface area contributed by atoms with E-state index in [9.17, 15) is 14.7 Å². The second kappa shape index (κ2) is 15.1. The molecule has 2 saturated heterocycles. The minimum Gasteiger partial charge on any atom is -0.481 e. The van der Waals surface area contributed by atoms with Crippen LogP contribution < -0.4 is 5.32 Å². The van der Waals surface area contributed by atoms with E-state index >= 15 is 0 Å². The molecule has 1 aliphatic carbocycles. The maximum atomic E-state index is 12.4. The minimum atomic E-state index is -0.835. The molecule has 1 saturated carbocycles. The van der Waals surface area contributed by atoms with Gasteiger partial charge in [0.1, 0.15) is 0 Å². The van der Waals surface area contributed by atoms with Crippen LogP contribution in [0.15, 0.2) is 72.8 Å². The lowest BCUT2D eigenvalue weighted by Gasteiger charge is -2.41. The Bertz CT molecular complexity index is 1590. The van der Waals surface area contributed by atoms with Gasteiger partial charge in [-0.2, -0.15) is 0 Å². The van der Waals surface area contributed by atoms with E-state index in [0.29, 0.717) is 42.7 Å². The molecule has 3 aromatic carbocycles. The number of nitrogens with one attached hydrogen (secondary N) is 1. The molecule has 49 heavy (non-hydrogen) atoms. The van der Waals surface area contributed by atoms with Crippen LogP contribution in [0, 0.1) is 10.8 Å².